The van der Waals surface area contributed by atoms with Crippen molar-refractivity contribution in [3.8, 4) is 5.75 Å². The molecule has 1 aromatic carbocycles. The molecule has 2 N–H and O–H groups in total. The van der Waals surface area contributed by atoms with Gasteiger partial charge in [0.2, 0.25) is 0 Å². The molecule has 1 amide bonds. The maximum atomic E-state index is 13.3. The summed E-state index contributed by atoms with van der Waals surface area (Å²) >= 11 is 0. The number of rotatable bonds is 3. The van der Waals surface area contributed by atoms with E-state index in [0.717, 1.165) is 6.07 Å². The molecule has 1 aromatic rings. The molecule has 0 aliphatic carbocycles. The van der Waals surface area contributed by atoms with E-state index in [2.05, 4.69) is 9.47 Å². The Kier molecular flexibility index (Phi) is 7.11. The van der Waals surface area contributed by atoms with Crippen molar-refractivity contribution in [1.29, 1.82) is 0 Å². The standard InChI is InChI=1S/C10H10FNO4.C2H6.H2/c1-6(13)16-9-3-2-7(4-8(9)11)5-15-10(12)14;1-2;/h2-4H,5H2,1H3,(H2,12,14);1-2H3;1H. The summed E-state index contributed by atoms with van der Waals surface area (Å²) in [5.74, 6) is -1.49. The fourth-order valence-electron chi connectivity index (χ4n) is 1.03. The summed E-state index contributed by atoms with van der Waals surface area (Å²) in [6.45, 7) is 5.04. The summed E-state index contributed by atoms with van der Waals surface area (Å²) in [4.78, 5) is 20.9. The van der Waals surface area contributed by atoms with E-state index in [1.54, 1.807) is 0 Å². The Morgan fingerprint density at radius 1 is 1.39 bits per heavy atom. The molecule has 5 nitrogen and oxygen atoms in total. The minimum absolute atomic E-state index is 0. The van der Waals surface area contributed by atoms with Gasteiger partial charge in [-0.3, -0.25) is 4.79 Å². The fourth-order valence-corrected chi connectivity index (χ4v) is 1.03. The zero-order valence-corrected chi connectivity index (χ0v) is 10.5. The van der Waals surface area contributed by atoms with Crippen molar-refractivity contribution >= 4 is 12.1 Å². The molecule has 18 heavy (non-hydrogen) atoms. The van der Waals surface area contributed by atoms with Crippen LogP contribution in [0.3, 0.4) is 0 Å². The van der Waals surface area contributed by atoms with Crippen LogP contribution < -0.4 is 10.5 Å². The number of amides is 1. The molecule has 102 valence electrons. The first-order valence-electron chi connectivity index (χ1n) is 5.38. The lowest BCUT2D eigenvalue weighted by molar-refractivity contribution is -0.132. The van der Waals surface area contributed by atoms with E-state index >= 15 is 0 Å². The second kappa shape index (κ2) is 8.05. The van der Waals surface area contributed by atoms with Crippen LogP contribution in [0.4, 0.5) is 9.18 Å². The van der Waals surface area contributed by atoms with Gasteiger partial charge in [0.15, 0.2) is 11.6 Å². The molecular formula is C12H18FNO4. The smallest absolute Gasteiger partial charge is 0.404 e. The number of primary amides is 1. The normalized spacial score (nSPS) is 8.89. The lowest BCUT2D eigenvalue weighted by Gasteiger charge is -2.05. The van der Waals surface area contributed by atoms with Gasteiger partial charge in [0.1, 0.15) is 6.61 Å². The summed E-state index contributed by atoms with van der Waals surface area (Å²) in [5, 5.41) is 0. The van der Waals surface area contributed by atoms with Gasteiger partial charge in [-0.1, -0.05) is 19.9 Å². The highest BCUT2D eigenvalue weighted by Crippen LogP contribution is 2.18. The quantitative estimate of drug-likeness (QED) is 0.668. The van der Waals surface area contributed by atoms with Crippen molar-refractivity contribution in [3.63, 3.8) is 0 Å². The average Bonchev–Trinajstić information content (AvgIpc) is 2.32. The Balaban J connectivity index is 0. The van der Waals surface area contributed by atoms with Crippen LogP contribution in [0.15, 0.2) is 18.2 Å². The molecule has 0 heterocycles. The zero-order valence-electron chi connectivity index (χ0n) is 10.5. The van der Waals surface area contributed by atoms with Gasteiger partial charge in [-0.15, -0.1) is 0 Å². The van der Waals surface area contributed by atoms with Gasteiger partial charge >= 0.3 is 12.1 Å². The Morgan fingerprint density at radius 2 is 2.00 bits per heavy atom. The molecule has 0 fully saturated rings. The third-order valence-corrected chi connectivity index (χ3v) is 1.63. The van der Waals surface area contributed by atoms with Crippen LogP contribution in [0.5, 0.6) is 5.75 Å². The highest BCUT2D eigenvalue weighted by atomic mass is 19.1. The molecule has 0 spiro atoms. The van der Waals surface area contributed by atoms with Crippen LogP contribution in [0.1, 0.15) is 27.8 Å². The molecular weight excluding hydrogens is 241 g/mol. The number of ether oxygens (including phenoxy) is 2. The van der Waals surface area contributed by atoms with E-state index < -0.39 is 17.9 Å². The molecule has 0 aliphatic rings. The first-order valence-corrected chi connectivity index (χ1v) is 5.38. The molecule has 6 heteroatoms. The first kappa shape index (κ1) is 15.9. The molecule has 0 saturated heterocycles. The van der Waals surface area contributed by atoms with Crippen molar-refractivity contribution in [2.45, 2.75) is 27.4 Å². The van der Waals surface area contributed by atoms with Gasteiger partial charge in [-0.05, 0) is 17.7 Å². The first-order chi connectivity index (χ1) is 8.49. The van der Waals surface area contributed by atoms with Crippen LogP contribution in [0, 0.1) is 5.82 Å². The predicted molar refractivity (Wildman–Crippen MR) is 65.5 cm³/mol. The molecule has 0 atom stereocenters. The number of hydrogen-bond acceptors (Lipinski definition) is 4. The second-order valence-corrected chi connectivity index (χ2v) is 2.97. The number of esters is 1. The molecule has 0 radical (unpaired) electrons. The van der Waals surface area contributed by atoms with Crippen LogP contribution >= 0.6 is 0 Å². The van der Waals surface area contributed by atoms with E-state index in [1.165, 1.54) is 19.1 Å². The topological polar surface area (TPSA) is 78.6 Å². The molecule has 0 unspecified atom stereocenters. The lowest BCUT2D eigenvalue weighted by atomic mass is 10.2. The molecule has 0 bridgehead atoms. The molecule has 0 saturated carbocycles. The van der Waals surface area contributed by atoms with E-state index in [9.17, 15) is 14.0 Å². The number of carbonyl (C=O) groups excluding carboxylic acids is 2. The van der Waals surface area contributed by atoms with Crippen LogP contribution in [0.25, 0.3) is 0 Å². The molecule has 1 rings (SSSR count). The SMILES string of the molecule is CC.CC(=O)Oc1ccc(COC(N)=O)cc1F.[HH]. The summed E-state index contributed by atoms with van der Waals surface area (Å²) in [5.41, 5.74) is 5.16. The van der Waals surface area contributed by atoms with Crippen LogP contribution in [-0.4, -0.2) is 12.1 Å². The summed E-state index contributed by atoms with van der Waals surface area (Å²) in [7, 11) is 0. The Hall–Kier alpha value is -2.11. The Bertz CT molecular complexity index is 426. The summed E-state index contributed by atoms with van der Waals surface area (Å²) < 4.78 is 22.3. The number of hydrogen-bond donors (Lipinski definition) is 1. The van der Waals surface area contributed by atoms with Crippen LogP contribution in [0.2, 0.25) is 0 Å². The van der Waals surface area contributed by atoms with E-state index in [4.69, 9.17) is 5.73 Å². The number of nitrogens with two attached hydrogens (primary N) is 1. The highest BCUT2D eigenvalue weighted by Gasteiger charge is 2.07. The van der Waals surface area contributed by atoms with E-state index in [-0.39, 0.29) is 13.8 Å². The van der Waals surface area contributed by atoms with Crippen molar-refractivity contribution in [2.24, 2.45) is 5.73 Å². The minimum atomic E-state index is -0.940. The molecule has 0 aliphatic heterocycles. The Labute approximate surface area is 106 Å². The zero-order chi connectivity index (χ0) is 14.1. The van der Waals surface area contributed by atoms with Crippen molar-refractivity contribution < 1.29 is 24.9 Å². The van der Waals surface area contributed by atoms with Crippen molar-refractivity contribution in [1.82, 2.24) is 0 Å². The maximum Gasteiger partial charge on any atom is 0.404 e. The maximum absolute atomic E-state index is 13.3. The number of carbonyl (C=O) groups is 2. The van der Waals surface area contributed by atoms with Crippen molar-refractivity contribution in [3.05, 3.63) is 29.6 Å². The third kappa shape index (κ3) is 5.83. The van der Waals surface area contributed by atoms with Gasteiger partial charge in [0, 0.05) is 8.35 Å². The monoisotopic (exact) mass is 259 g/mol. The summed E-state index contributed by atoms with van der Waals surface area (Å²) in [6, 6.07) is 3.84. The van der Waals surface area contributed by atoms with Crippen molar-refractivity contribution in [2.75, 3.05) is 0 Å². The largest absolute Gasteiger partial charge is 0.445 e. The number of benzene rings is 1. The lowest BCUT2D eigenvalue weighted by Crippen LogP contribution is -2.12. The van der Waals surface area contributed by atoms with Gasteiger partial charge in [-0.25, -0.2) is 9.18 Å². The third-order valence-electron chi connectivity index (χ3n) is 1.63. The van der Waals surface area contributed by atoms with Gasteiger partial charge in [0.05, 0.1) is 0 Å². The predicted octanol–water partition coefficient (Wildman–Crippen LogP) is 2.62. The molecule has 0 aromatic heterocycles. The number of halogens is 1. The highest BCUT2D eigenvalue weighted by molar-refractivity contribution is 5.69. The fraction of sp³-hybridized carbons (Fsp3) is 0.333. The van der Waals surface area contributed by atoms with E-state index in [0.29, 0.717) is 5.56 Å². The second-order valence-electron chi connectivity index (χ2n) is 2.97. The Morgan fingerprint density at radius 3 is 2.44 bits per heavy atom. The average molecular weight is 259 g/mol. The van der Waals surface area contributed by atoms with Gasteiger partial charge in [-0.2, -0.15) is 0 Å². The minimum Gasteiger partial charge on any atom is -0.445 e. The van der Waals surface area contributed by atoms with E-state index in [1.807, 2.05) is 13.8 Å². The van der Waals surface area contributed by atoms with Gasteiger partial charge in [0.25, 0.3) is 0 Å². The summed E-state index contributed by atoms with van der Waals surface area (Å²) in [6.07, 6.45) is -0.940. The van der Waals surface area contributed by atoms with Gasteiger partial charge < -0.3 is 15.2 Å². The van der Waals surface area contributed by atoms with Crippen LogP contribution in [-0.2, 0) is 16.1 Å².